The van der Waals surface area contributed by atoms with Crippen LogP contribution in [0.4, 0.5) is 5.82 Å². The largest absolute Gasteiger partial charge is 0.309 e. The first-order valence-corrected chi connectivity index (χ1v) is 10.2. The number of rotatable bonds is 5. The van der Waals surface area contributed by atoms with E-state index in [2.05, 4.69) is 39.8 Å². The number of benzene rings is 1. The summed E-state index contributed by atoms with van der Waals surface area (Å²) in [6.45, 7) is 5.36. The molecule has 3 heterocycles. The topological polar surface area (TPSA) is 50.2 Å². The minimum absolute atomic E-state index is 0.00622. The number of aryl methyl sites for hydroxylation is 2. The summed E-state index contributed by atoms with van der Waals surface area (Å²) in [4.78, 5) is 16.4. The number of carbonyl (C=O) groups excluding carboxylic acids is 1. The van der Waals surface area contributed by atoms with Crippen molar-refractivity contribution < 1.29 is 4.79 Å². The minimum Gasteiger partial charge on any atom is -0.309 e. The molecule has 4 rings (SSSR count). The SMILES string of the molecule is Cc1ccc(-n2nc(C)cc2NC(=O)CN2CCCC2c2cccs2)cc1. The first-order valence-electron chi connectivity index (χ1n) is 9.31. The summed E-state index contributed by atoms with van der Waals surface area (Å²) in [5.74, 6) is 0.722. The van der Waals surface area contributed by atoms with Crippen molar-refractivity contribution in [3.8, 4) is 5.69 Å². The number of amides is 1. The molecule has 1 fully saturated rings. The molecular formula is C21H24N4OS. The molecule has 1 aliphatic heterocycles. The molecule has 1 N–H and O–H groups in total. The third-order valence-corrected chi connectivity index (χ3v) is 5.93. The van der Waals surface area contributed by atoms with Crippen LogP contribution in [0.2, 0.25) is 0 Å². The first kappa shape index (κ1) is 17.9. The lowest BCUT2D eigenvalue weighted by atomic mass is 10.2. The van der Waals surface area contributed by atoms with E-state index in [1.165, 1.54) is 10.4 Å². The zero-order chi connectivity index (χ0) is 18.8. The molecular weight excluding hydrogens is 356 g/mol. The predicted octanol–water partition coefficient (Wildman–Crippen LogP) is 4.33. The van der Waals surface area contributed by atoms with Crippen LogP contribution in [0, 0.1) is 13.8 Å². The van der Waals surface area contributed by atoms with Crippen LogP contribution in [0.15, 0.2) is 47.8 Å². The first-order chi connectivity index (χ1) is 13.1. The highest BCUT2D eigenvalue weighted by Crippen LogP contribution is 2.34. The van der Waals surface area contributed by atoms with E-state index in [-0.39, 0.29) is 5.91 Å². The zero-order valence-corrected chi connectivity index (χ0v) is 16.5. The van der Waals surface area contributed by atoms with Crippen molar-refractivity contribution in [2.45, 2.75) is 32.7 Å². The Morgan fingerprint density at radius 2 is 2.07 bits per heavy atom. The molecule has 1 aliphatic rings. The maximum atomic E-state index is 12.7. The van der Waals surface area contributed by atoms with Crippen LogP contribution in [0.25, 0.3) is 5.69 Å². The lowest BCUT2D eigenvalue weighted by Gasteiger charge is -2.23. The Labute approximate surface area is 163 Å². The van der Waals surface area contributed by atoms with Gasteiger partial charge in [-0.15, -0.1) is 11.3 Å². The van der Waals surface area contributed by atoms with Gasteiger partial charge in [-0.2, -0.15) is 5.10 Å². The third kappa shape index (κ3) is 3.96. The summed E-state index contributed by atoms with van der Waals surface area (Å²) in [6, 6.07) is 14.7. The van der Waals surface area contributed by atoms with Crippen LogP contribution in [0.5, 0.6) is 0 Å². The van der Waals surface area contributed by atoms with Crippen LogP contribution in [0.1, 0.15) is 35.0 Å². The second kappa shape index (κ2) is 7.66. The normalized spacial score (nSPS) is 17.3. The summed E-state index contributed by atoms with van der Waals surface area (Å²) in [5, 5.41) is 9.71. The van der Waals surface area contributed by atoms with E-state index in [1.54, 1.807) is 16.0 Å². The maximum Gasteiger partial charge on any atom is 0.239 e. The van der Waals surface area contributed by atoms with Crippen LogP contribution in [-0.2, 0) is 4.79 Å². The molecule has 1 unspecified atom stereocenters. The Kier molecular flexibility index (Phi) is 5.09. The molecule has 5 nitrogen and oxygen atoms in total. The Morgan fingerprint density at radius 3 is 2.81 bits per heavy atom. The molecule has 0 saturated carbocycles. The van der Waals surface area contributed by atoms with Crippen LogP contribution < -0.4 is 5.32 Å². The standard InChI is InChI=1S/C21H24N4OS/c1-15-7-9-17(10-8-15)25-20(13-16(2)23-25)22-21(26)14-24-11-3-5-18(24)19-6-4-12-27-19/h4,6-10,12-13,18H,3,5,11,14H2,1-2H3,(H,22,26). The van der Waals surface area contributed by atoms with Gasteiger partial charge in [-0.05, 0) is 56.8 Å². The molecule has 1 saturated heterocycles. The van der Waals surface area contributed by atoms with Crippen molar-refractivity contribution in [2.75, 3.05) is 18.4 Å². The Hall–Kier alpha value is -2.44. The molecule has 6 heteroatoms. The lowest BCUT2D eigenvalue weighted by molar-refractivity contribution is -0.117. The summed E-state index contributed by atoms with van der Waals surface area (Å²) in [5.41, 5.74) is 3.02. The second-order valence-electron chi connectivity index (χ2n) is 7.11. The van der Waals surface area contributed by atoms with Crippen molar-refractivity contribution in [3.63, 3.8) is 0 Å². The third-order valence-electron chi connectivity index (χ3n) is 4.96. The van der Waals surface area contributed by atoms with E-state index in [0.717, 1.165) is 30.8 Å². The van der Waals surface area contributed by atoms with Gasteiger partial charge < -0.3 is 5.32 Å². The molecule has 1 amide bonds. The van der Waals surface area contributed by atoms with Crippen LogP contribution in [-0.4, -0.2) is 33.7 Å². The molecule has 140 valence electrons. The van der Waals surface area contributed by atoms with Gasteiger partial charge in [0.15, 0.2) is 0 Å². The quantitative estimate of drug-likeness (QED) is 0.717. The fourth-order valence-corrected chi connectivity index (χ4v) is 4.55. The van der Waals surface area contributed by atoms with Crippen molar-refractivity contribution in [3.05, 3.63) is 64.0 Å². The van der Waals surface area contributed by atoms with E-state index in [4.69, 9.17) is 0 Å². The average Bonchev–Trinajstić information content (AvgIpc) is 3.37. The molecule has 0 bridgehead atoms. The highest BCUT2D eigenvalue weighted by molar-refractivity contribution is 7.10. The molecule has 1 aromatic carbocycles. The summed E-state index contributed by atoms with van der Waals surface area (Å²) >= 11 is 1.77. The number of thiophene rings is 1. The number of hydrogen-bond donors (Lipinski definition) is 1. The van der Waals surface area contributed by atoms with Gasteiger partial charge in [-0.3, -0.25) is 9.69 Å². The van der Waals surface area contributed by atoms with Crippen LogP contribution in [0.3, 0.4) is 0 Å². The van der Waals surface area contributed by atoms with Crippen molar-refractivity contribution in [1.29, 1.82) is 0 Å². The number of hydrogen-bond acceptors (Lipinski definition) is 4. The van der Waals surface area contributed by atoms with E-state index in [9.17, 15) is 4.79 Å². The van der Waals surface area contributed by atoms with Gasteiger partial charge in [0.2, 0.25) is 5.91 Å². The van der Waals surface area contributed by atoms with E-state index in [0.29, 0.717) is 18.4 Å². The molecule has 0 radical (unpaired) electrons. The summed E-state index contributed by atoms with van der Waals surface area (Å²) < 4.78 is 1.80. The fraction of sp³-hybridized carbons (Fsp3) is 0.333. The van der Waals surface area contributed by atoms with Gasteiger partial charge >= 0.3 is 0 Å². The molecule has 2 aromatic heterocycles. The highest BCUT2D eigenvalue weighted by atomic mass is 32.1. The minimum atomic E-state index is 0.00622. The number of anilines is 1. The van der Waals surface area contributed by atoms with Gasteiger partial charge in [-0.25, -0.2) is 4.68 Å². The monoisotopic (exact) mass is 380 g/mol. The smallest absolute Gasteiger partial charge is 0.239 e. The number of nitrogens with zero attached hydrogens (tertiary/aromatic N) is 3. The molecule has 27 heavy (non-hydrogen) atoms. The fourth-order valence-electron chi connectivity index (χ4n) is 3.66. The predicted molar refractivity (Wildman–Crippen MR) is 110 cm³/mol. The van der Waals surface area contributed by atoms with Gasteiger partial charge in [0.05, 0.1) is 17.9 Å². The lowest BCUT2D eigenvalue weighted by Crippen LogP contribution is -2.33. The number of aromatic nitrogens is 2. The van der Waals surface area contributed by atoms with Gasteiger partial charge in [0.25, 0.3) is 0 Å². The Morgan fingerprint density at radius 1 is 1.26 bits per heavy atom. The molecule has 3 aromatic rings. The number of likely N-dealkylation sites (tertiary alicyclic amines) is 1. The highest BCUT2D eigenvalue weighted by Gasteiger charge is 2.28. The number of carbonyl (C=O) groups is 1. The van der Waals surface area contributed by atoms with E-state index in [1.807, 2.05) is 37.3 Å². The Balaban J connectivity index is 1.48. The van der Waals surface area contributed by atoms with Crippen molar-refractivity contribution in [1.82, 2.24) is 14.7 Å². The zero-order valence-electron chi connectivity index (χ0n) is 15.7. The molecule has 0 aliphatic carbocycles. The van der Waals surface area contributed by atoms with Crippen LogP contribution >= 0.6 is 11.3 Å². The van der Waals surface area contributed by atoms with E-state index >= 15 is 0 Å². The van der Waals surface area contributed by atoms with Crippen molar-refractivity contribution in [2.24, 2.45) is 0 Å². The second-order valence-corrected chi connectivity index (χ2v) is 8.09. The van der Waals surface area contributed by atoms with Crippen molar-refractivity contribution >= 4 is 23.1 Å². The maximum absolute atomic E-state index is 12.7. The van der Waals surface area contributed by atoms with Gasteiger partial charge in [-0.1, -0.05) is 23.8 Å². The van der Waals surface area contributed by atoms with Gasteiger partial charge in [0, 0.05) is 17.0 Å². The van der Waals surface area contributed by atoms with E-state index < -0.39 is 0 Å². The summed E-state index contributed by atoms with van der Waals surface area (Å²) in [7, 11) is 0. The summed E-state index contributed by atoms with van der Waals surface area (Å²) in [6.07, 6.45) is 2.25. The molecule has 1 atom stereocenters. The number of nitrogens with one attached hydrogen (secondary N) is 1. The average molecular weight is 381 g/mol. The molecule has 0 spiro atoms. The van der Waals surface area contributed by atoms with Gasteiger partial charge in [0.1, 0.15) is 5.82 Å². The Bertz CT molecular complexity index is 914.